The summed E-state index contributed by atoms with van der Waals surface area (Å²) in [5, 5.41) is 5.69. The Balaban J connectivity index is 2.02. The monoisotopic (exact) mass is 326 g/mol. The SMILES string of the molecule is CC(NC(=O)Nc1ccccc1CC(=O)N(C)C)c1ccncc1. The lowest BCUT2D eigenvalue weighted by Crippen LogP contribution is -2.32. The number of benzene rings is 1. The average molecular weight is 326 g/mol. The Morgan fingerprint density at radius 3 is 2.46 bits per heavy atom. The summed E-state index contributed by atoms with van der Waals surface area (Å²) in [6, 6.07) is 10.5. The van der Waals surface area contributed by atoms with Crippen molar-refractivity contribution in [3.05, 3.63) is 59.9 Å². The molecule has 1 aromatic carbocycles. The minimum absolute atomic E-state index is 0.0187. The van der Waals surface area contributed by atoms with Gasteiger partial charge in [-0.3, -0.25) is 9.78 Å². The van der Waals surface area contributed by atoms with E-state index in [1.165, 1.54) is 4.90 Å². The van der Waals surface area contributed by atoms with Gasteiger partial charge in [-0.2, -0.15) is 0 Å². The fraction of sp³-hybridized carbons (Fsp3) is 0.278. The molecule has 0 aliphatic carbocycles. The molecule has 0 saturated heterocycles. The third-order valence-electron chi connectivity index (χ3n) is 3.66. The van der Waals surface area contributed by atoms with Crippen LogP contribution in [0.3, 0.4) is 0 Å². The van der Waals surface area contributed by atoms with E-state index in [1.54, 1.807) is 32.6 Å². The van der Waals surface area contributed by atoms with Gasteiger partial charge in [-0.25, -0.2) is 4.79 Å². The Morgan fingerprint density at radius 2 is 1.79 bits per heavy atom. The summed E-state index contributed by atoms with van der Waals surface area (Å²) in [7, 11) is 3.42. The van der Waals surface area contributed by atoms with Crippen LogP contribution < -0.4 is 10.6 Å². The lowest BCUT2D eigenvalue weighted by atomic mass is 10.1. The molecule has 24 heavy (non-hydrogen) atoms. The number of urea groups is 1. The van der Waals surface area contributed by atoms with E-state index in [0.29, 0.717) is 5.69 Å². The van der Waals surface area contributed by atoms with Crippen LogP contribution in [0.2, 0.25) is 0 Å². The van der Waals surface area contributed by atoms with E-state index in [1.807, 2.05) is 37.3 Å². The molecule has 0 radical (unpaired) electrons. The zero-order valence-corrected chi connectivity index (χ0v) is 14.1. The third kappa shape index (κ3) is 4.81. The summed E-state index contributed by atoms with van der Waals surface area (Å²) < 4.78 is 0. The van der Waals surface area contributed by atoms with Gasteiger partial charge in [-0.15, -0.1) is 0 Å². The predicted molar refractivity (Wildman–Crippen MR) is 93.6 cm³/mol. The van der Waals surface area contributed by atoms with Gasteiger partial charge < -0.3 is 15.5 Å². The molecule has 6 heteroatoms. The summed E-state index contributed by atoms with van der Waals surface area (Å²) >= 11 is 0. The highest BCUT2D eigenvalue weighted by atomic mass is 16.2. The number of nitrogens with one attached hydrogen (secondary N) is 2. The fourth-order valence-electron chi connectivity index (χ4n) is 2.21. The molecular weight excluding hydrogens is 304 g/mol. The van der Waals surface area contributed by atoms with Gasteiger partial charge in [0.1, 0.15) is 0 Å². The minimum Gasteiger partial charge on any atom is -0.349 e. The Bertz CT molecular complexity index is 701. The van der Waals surface area contributed by atoms with Gasteiger partial charge in [-0.05, 0) is 36.2 Å². The maximum Gasteiger partial charge on any atom is 0.319 e. The summed E-state index contributed by atoms with van der Waals surface area (Å²) in [4.78, 5) is 29.6. The van der Waals surface area contributed by atoms with Crippen LogP contribution in [0.1, 0.15) is 24.1 Å². The van der Waals surface area contributed by atoms with Crippen molar-refractivity contribution in [3.8, 4) is 0 Å². The van der Waals surface area contributed by atoms with Crippen molar-refractivity contribution in [2.45, 2.75) is 19.4 Å². The highest BCUT2D eigenvalue weighted by Crippen LogP contribution is 2.17. The topological polar surface area (TPSA) is 74.3 Å². The van der Waals surface area contributed by atoms with Crippen LogP contribution in [0, 0.1) is 0 Å². The third-order valence-corrected chi connectivity index (χ3v) is 3.66. The fourth-order valence-corrected chi connectivity index (χ4v) is 2.21. The van der Waals surface area contributed by atoms with Crippen LogP contribution in [0.4, 0.5) is 10.5 Å². The number of hydrogen-bond donors (Lipinski definition) is 2. The molecule has 0 aliphatic rings. The molecule has 0 spiro atoms. The molecule has 0 bridgehead atoms. The van der Waals surface area contributed by atoms with E-state index in [0.717, 1.165) is 11.1 Å². The molecule has 3 amide bonds. The van der Waals surface area contributed by atoms with E-state index in [-0.39, 0.29) is 24.4 Å². The Labute approximate surface area is 141 Å². The standard InChI is InChI=1S/C18H22N4O2/c1-13(14-8-10-19-11-9-14)20-18(24)21-16-7-5-4-6-15(16)12-17(23)22(2)3/h4-11,13H,12H2,1-3H3,(H2,20,21,24). The van der Waals surface area contributed by atoms with Crippen LogP contribution >= 0.6 is 0 Å². The van der Waals surface area contributed by atoms with Crippen LogP contribution in [-0.2, 0) is 11.2 Å². The first-order valence-electron chi connectivity index (χ1n) is 7.73. The minimum atomic E-state index is -0.316. The number of rotatable bonds is 5. The average Bonchev–Trinajstić information content (AvgIpc) is 2.57. The number of carbonyl (C=O) groups excluding carboxylic acids is 2. The maximum atomic E-state index is 12.2. The highest BCUT2D eigenvalue weighted by molar-refractivity contribution is 5.91. The first-order chi connectivity index (χ1) is 11.5. The molecule has 2 aromatic rings. The Morgan fingerprint density at radius 1 is 1.12 bits per heavy atom. The normalized spacial score (nSPS) is 11.5. The van der Waals surface area contributed by atoms with Crippen LogP contribution in [0.25, 0.3) is 0 Å². The summed E-state index contributed by atoms with van der Waals surface area (Å²) in [6.45, 7) is 1.90. The first kappa shape index (κ1) is 17.5. The molecule has 0 fully saturated rings. The lowest BCUT2D eigenvalue weighted by Gasteiger charge is -2.17. The zero-order valence-electron chi connectivity index (χ0n) is 14.1. The van der Waals surface area contributed by atoms with Crippen LogP contribution in [-0.4, -0.2) is 35.9 Å². The smallest absolute Gasteiger partial charge is 0.319 e. The molecule has 2 N–H and O–H groups in total. The molecular formula is C18H22N4O2. The molecule has 0 saturated carbocycles. The van der Waals surface area contributed by atoms with E-state index in [9.17, 15) is 9.59 Å². The van der Waals surface area contributed by atoms with Crippen LogP contribution in [0.5, 0.6) is 0 Å². The van der Waals surface area contributed by atoms with Gasteiger partial charge in [0.15, 0.2) is 0 Å². The number of aromatic nitrogens is 1. The van der Waals surface area contributed by atoms with Gasteiger partial charge in [0.2, 0.25) is 5.91 Å². The van der Waals surface area contributed by atoms with Gasteiger partial charge in [0.25, 0.3) is 0 Å². The molecule has 1 unspecified atom stereocenters. The second kappa shape index (κ2) is 8.10. The predicted octanol–water partition coefficient (Wildman–Crippen LogP) is 2.60. The van der Waals surface area contributed by atoms with Crippen molar-refractivity contribution < 1.29 is 9.59 Å². The van der Waals surface area contributed by atoms with Crippen molar-refractivity contribution in [3.63, 3.8) is 0 Å². The Hall–Kier alpha value is -2.89. The van der Waals surface area contributed by atoms with Crippen molar-refractivity contribution in [1.29, 1.82) is 0 Å². The van der Waals surface area contributed by atoms with Gasteiger partial charge in [-0.1, -0.05) is 18.2 Å². The molecule has 6 nitrogen and oxygen atoms in total. The summed E-state index contributed by atoms with van der Waals surface area (Å²) in [5.74, 6) is -0.0187. The van der Waals surface area contributed by atoms with Gasteiger partial charge >= 0.3 is 6.03 Å². The number of likely N-dealkylation sites (N-methyl/N-ethyl adjacent to an activating group) is 1. The van der Waals surface area contributed by atoms with Gasteiger partial charge in [0, 0.05) is 32.2 Å². The van der Waals surface area contributed by atoms with E-state index < -0.39 is 0 Å². The lowest BCUT2D eigenvalue weighted by molar-refractivity contribution is -0.127. The van der Waals surface area contributed by atoms with Crippen LogP contribution in [0.15, 0.2) is 48.8 Å². The summed E-state index contributed by atoms with van der Waals surface area (Å²) in [5.41, 5.74) is 2.38. The zero-order chi connectivity index (χ0) is 17.5. The number of anilines is 1. The van der Waals surface area contributed by atoms with E-state index in [2.05, 4.69) is 15.6 Å². The second-order valence-electron chi connectivity index (χ2n) is 5.72. The molecule has 1 aromatic heterocycles. The maximum absolute atomic E-state index is 12.2. The number of hydrogen-bond acceptors (Lipinski definition) is 3. The number of amides is 3. The largest absolute Gasteiger partial charge is 0.349 e. The molecule has 1 atom stereocenters. The number of nitrogens with zero attached hydrogens (tertiary/aromatic N) is 2. The van der Waals surface area contributed by atoms with Crippen molar-refractivity contribution in [1.82, 2.24) is 15.2 Å². The Kier molecular flexibility index (Phi) is 5.89. The molecule has 126 valence electrons. The number of para-hydroxylation sites is 1. The van der Waals surface area contributed by atoms with Crippen molar-refractivity contribution in [2.75, 3.05) is 19.4 Å². The molecule has 1 heterocycles. The highest BCUT2D eigenvalue weighted by Gasteiger charge is 2.13. The summed E-state index contributed by atoms with van der Waals surface area (Å²) in [6.07, 6.45) is 3.62. The number of pyridine rings is 1. The van der Waals surface area contributed by atoms with Crippen molar-refractivity contribution >= 4 is 17.6 Å². The second-order valence-corrected chi connectivity index (χ2v) is 5.72. The quantitative estimate of drug-likeness (QED) is 0.887. The first-order valence-corrected chi connectivity index (χ1v) is 7.73. The molecule has 0 aliphatic heterocycles. The van der Waals surface area contributed by atoms with E-state index >= 15 is 0 Å². The molecule has 2 rings (SSSR count). The van der Waals surface area contributed by atoms with Gasteiger partial charge in [0.05, 0.1) is 12.5 Å². The van der Waals surface area contributed by atoms with Crippen molar-refractivity contribution in [2.24, 2.45) is 0 Å². The number of carbonyl (C=O) groups is 2. The van der Waals surface area contributed by atoms with E-state index in [4.69, 9.17) is 0 Å².